The number of carbonyl (C=O) groups excluding carboxylic acids is 1. The molecule has 0 rings (SSSR count). The van der Waals surface area contributed by atoms with E-state index in [-0.39, 0.29) is 13.0 Å². The van der Waals surface area contributed by atoms with E-state index in [0.29, 0.717) is 13.1 Å². The molecule has 8 nitrogen and oxygen atoms in total. The minimum absolute atomic E-state index is 0.0660. The number of carboxylic acids is 2. The van der Waals surface area contributed by atoms with Crippen molar-refractivity contribution in [3.63, 3.8) is 0 Å². The van der Waals surface area contributed by atoms with Gasteiger partial charge in [0, 0.05) is 0 Å². The zero-order valence-corrected chi connectivity index (χ0v) is 10.6. The summed E-state index contributed by atoms with van der Waals surface area (Å²) in [6.07, 6.45) is -0.164. The van der Waals surface area contributed by atoms with Gasteiger partial charge in [0.15, 0.2) is 0 Å². The number of rotatable bonds is 8. The highest BCUT2D eigenvalue weighted by atomic mass is 16.4. The summed E-state index contributed by atoms with van der Waals surface area (Å²) in [6.45, 7) is 4.91. The maximum Gasteiger partial charge on any atom is 0.321 e. The maximum atomic E-state index is 10.4. The van der Waals surface area contributed by atoms with Crippen LogP contribution in [0.5, 0.6) is 0 Å². The van der Waals surface area contributed by atoms with Gasteiger partial charge in [-0.1, -0.05) is 13.8 Å². The summed E-state index contributed by atoms with van der Waals surface area (Å²) in [4.78, 5) is 30.4. The highest BCUT2D eigenvalue weighted by Crippen LogP contribution is 1.90. The molecule has 0 aliphatic heterocycles. The Hall–Kier alpha value is -1.67. The van der Waals surface area contributed by atoms with Crippen molar-refractivity contribution < 1.29 is 24.6 Å². The van der Waals surface area contributed by atoms with Crippen LogP contribution < -0.4 is 16.4 Å². The Balaban J connectivity index is 0. The molecule has 0 fully saturated rings. The van der Waals surface area contributed by atoms with Gasteiger partial charge < -0.3 is 26.6 Å². The second-order valence-corrected chi connectivity index (χ2v) is 3.29. The van der Waals surface area contributed by atoms with Crippen LogP contribution in [0.4, 0.5) is 0 Å². The Morgan fingerprint density at radius 2 is 1.72 bits per heavy atom. The molecule has 0 heterocycles. The third-order valence-electron chi connectivity index (χ3n) is 1.68. The monoisotopic (exact) mass is 263 g/mol. The van der Waals surface area contributed by atoms with Crippen LogP contribution in [-0.2, 0) is 14.4 Å². The van der Waals surface area contributed by atoms with E-state index in [4.69, 9.17) is 15.9 Å². The van der Waals surface area contributed by atoms with E-state index in [9.17, 15) is 14.4 Å². The quantitative estimate of drug-likeness (QED) is 0.362. The fourth-order valence-corrected chi connectivity index (χ4v) is 0.926. The highest BCUT2D eigenvalue weighted by molar-refractivity contribution is 5.83. The van der Waals surface area contributed by atoms with Crippen molar-refractivity contribution in [2.24, 2.45) is 5.73 Å². The molecule has 0 aliphatic rings. The van der Waals surface area contributed by atoms with Crippen molar-refractivity contribution in [3.8, 4) is 0 Å². The van der Waals surface area contributed by atoms with Crippen LogP contribution in [0.25, 0.3) is 0 Å². The Morgan fingerprint density at radius 1 is 1.17 bits per heavy atom. The van der Waals surface area contributed by atoms with Crippen molar-refractivity contribution in [3.05, 3.63) is 0 Å². The molecule has 0 saturated carbocycles. The van der Waals surface area contributed by atoms with Crippen molar-refractivity contribution in [1.82, 2.24) is 10.6 Å². The predicted molar refractivity (Wildman–Crippen MR) is 65.1 cm³/mol. The molecule has 1 amide bonds. The maximum absolute atomic E-state index is 10.4. The van der Waals surface area contributed by atoms with Crippen LogP contribution in [0.15, 0.2) is 0 Å². The Morgan fingerprint density at radius 3 is 1.94 bits per heavy atom. The molecule has 0 spiro atoms. The van der Waals surface area contributed by atoms with E-state index in [1.54, 1.807) is 6.92 Å². The number of carboxylic acid groups (broad SMARTS) is 2. The van der Waals surface area contributed by atoms with Gasteiger partial charge in [0.2, 0.25) is 5.91 Å². The van der Waals surface area contributed by atoms with Gasteiger partial charge in [-0.25, -0.2) is 0 Å². The summed E-state index contributed by atoms with van der Waals surface area (Å²) in [6, 6.07) is -0.850. The summed E-state index contributed by atoms with van der Waals surface area (Å²) < 4.78 is 0. The number of hydrogen-bond acceptors (Lipinski definition) is 5. The highest BCUT2D eigenvalue weighted by Gasteiger charge is 2.17. The van der Waals surface area contributed by atoms with Gasteiger partial charge in [-0.3, -0.25) is 14.4 Å². The van der Waals surface area contributed by atoms with E-state index in [0.717, 1.165) is 0 Å². The van der Waals surface area contributed by atoms with Gasteiger partial charge >= 0.3 is 11.9 Å². The summed E-state index contributed by atoms with van der Waals surface area (Å²) in [5.74, 6) is -2.47. The van der Waals surface area contributed by atoms with Gasteiger partial charge in [-0.2, -0.15) is 0 Å². The molecule has 0 aromatic carbocycles. The molecule has 0 unspecified atom stereocenters. The second-order valence-electron chi connectivity index (χ2n) is 3.29. The van der Waals surface area contributed by atoms with Crippen molar-refractivity contribution in [1.29, 1.82) is 0 Å². The number of primary amides is 1. The average molecular weight is 263 g/mol. The van der Waals surface area contributed by atoms with E-state index >= 15 is 0 Å². The molecule has 0 aliphatic carbocycles. The molecule has 6 N–H and O–H groups in total. The first-order valence-corrected chi connectivity index (χ1v) is 5.52. The van der Waals surface area contributed by atoms with Gasteiger partial charge in [0.1, 0.15) is 6.04 Å². The lowest BCUT2D eigenvalue weighted by Gasteiger charge is -2.09. The van der Waals surface area contributed by atoms with Gasteiger partial charge in [-0.15, -0.1) is 0 Å². The first-order valence-electron chi connectivity index (χ1n) is 5.52. The largest absolute Gasteiger partial charge is 0.480 e. The van der Waals surface area contributed by atoms with Crippen molar-refractivity contribution in [2.75, 3.05) is 19.6 Å². The zero-order valence-electron chi connectivity index (χ0n) is 10.6. The smallest absolute Gasteiger partial charge is 0.321 e. The number of likely N-dealkylation sites (N-methyl/N-ethyl adjacent to an activating group) is 2. The SMILES string of the molecule is CCNCC(=O)O.CCN[C@@H](CC(N)=O)C(=O)O. The fourth-order valence-electron chi connectivity index (χ4n) is 0.926. The Kier molecular flexibility index (Phi) is 12.3. The standard InChI is InChI=1S/C6H12N2O3.C4H9NO2/c1-2-8-4(6(10)11)3-5(7)9;1-2-5-3-4(6)7/h4,8H,2-3H2,1H3,(H2,7,9)(H,10,11);5H,2-3H2,1H3,(H,6,7)/t4-;/m0./s1. The summed E-state index contributed by atoms with van der Waals surface area (Å²) in [5, 5.41) is 21.7. The predicted octanol–water partition coefficient (Wildman–Crippen LogP) is -1.39. The lowest BCUT2D eigenvalue weighted by molar-refractivity contribution is -0.141. The summed E-state index contributed by atoms with van der Waals surface area (Å²) >= 11 is 0. The average Bonchev–Trinajstić information content (AvgIpc) is 2.26. The van der Waals surface area contributed by atoms with E-state index in [1.165, 1.54) is 0 Å². The summed E-state index contributed by atoms with van der Waals surface area (Å²) in [7, 11) is 0. The van der Waals surface area contributed by atoms with Gasteiger partial charge in [-0.05, 0) is 13.1 Å². The van der Waals surface area contributed by atoms with E-state index < -0.39 is 23.9 Å². The van der Waals surface area contributed by atoms with Crippen molar-refractivity contribution in [2.45, 2.75) is 26.3 Å². The van der Waals surface area contributed by atoms with Gasteiger partial charge in [0.05, 0.1) is 13.0 Å². The zero-order chi connectivity index (χ0) is 14.6. The molecule has 0 aromatic rings. The molecule has 0 radical (unpaired) electrons. The van der Waals surface area contributed by atoms with Crippen LogP contribution in [-0.4, -0.2) is 53.7 Å². The molecular weight excluding hydrogens is 242 g/mol. The Labute approximate surface area is 106 Å². The summed E-state index contributed by atoms with van der Waals surface area (Å²) in [5.41, 5.74) is 4.82. The number of nitrogens with one attached hydrogen (secondary N) is 2. The van der Waals surface area contributed by atoms with Crippen molar-refractivity contribution >= 4 is 17.8 Å². The molecule has 0 saturated heterocycles. The number of aliphatic carboxylic acids is 2. The van der Waals surface area contributed by atoms with Crippen LogP contribution >= 0.6 is 0 Å². The van der Waals surface area contributed by atoms with Crippen LogP contribution in [0.2, 0.25) is 0 Å². The minimum atomic E-state index is -1.05. The Bertz CT molecular complexity index is 270. The molecule has 106 valence electrons. The van der Waals surface area contributed by atoms with Crippen LogP contribution in [0.3, 0.4) is 0 Å². The molecule has 18 heavy (non-hydrogen) atoms. The number of amides is 1. The molecule has 8 heteroatoms. The number of hydrogen-bond donors (Lipinski definition) is 5. The first-order chi connectivity index (χ1) is 8.34. The third-order valence-corrected chi connectivity index (χ3v) is 1.68. The number of nitrogens with two attached hydrogens (primary N) is 1. The molecule has 1 atom stereocenters. The molecular formula is C10H21N3O5. The molecule has 0 aromatic heterocycles. The minimum Gasteiger partial charge on any atom is -0.480 e. The van der Waals surface area contributed by atoms with Gasteiger partial charge in [0.25, 0.3) is 0 Å². The van der Waals surface area contributed by atoms with Crippen LogP contribution in [0.1, 0.15) is 20.3 Å². The normalized spacial score (nSPS) is 11.0. The lowest BCUT2D eigenvalue weighted by Crippen LogP contribution is -2.39. The van der Waals surface area contributed by atoms with Crippen LogP contribution in [0, 0.1) is 0 Å². The number of carbonyl (C=O) groups is 3. The third kappa shape index (κ3) is 14.3. The van der Waals surface area contributed by atoms with E-state index in [2.05, 4.69) is 10.6 Å². The molecule has 0 bridgehead atoms. The fraction of sp³-hybridized carbons (Fsp3) is 0.700. The van der Waals surface area contributed by atoms with E-state index in [1.807, 2.05) is 6.92 Å². The lowest BCUT2D eigenvalue weighted by atomic mass is 10.2. The first kappa shape index (κ1) is 18.7. The topological polar surface area (TPSA) is 142 Å². The second kappa shape index (κ2) is 11.8.